The number of aldehydes is 1. The summed E-state index contributed by atoms with van der Waals surface area (Å²) in [6.45, 7) is 0. The molecule has 0 spiro atoms. The average Bonchev–Trinajstić information content (AvgIpc) is 2.70. The summed E-state index contributed by atoms with van der Waals surface area (Å²) < 4.78 is 0. The lowest BCUT2D eigenvalue weighted by Crippen LogP contribution is -1.83. The molecule has 0 saturated heterocycles. The topological polar surface area (TPSA) is 45.8 Å². The highest BCUT2D eigenvalue weighted by molar-refractivity contribution is 6.35. The van der Waals surface area contributed by atoms with Gasteiger partial charge < -0.3 is 4.98 Å². The molecule has 0 aliphatic rings. The Morgan fingerprint density at radius 1 is 1.33 bits per heavy atom. The number of carbonyl (C=O) groups is 1. The van der Waals surface area contributed by atoms with Crippen molar-refractivity contribution in [1.29, 1.82) is 0 Å². The maximum Gasteiger partial charge on any atom is 0.185 e. The van der Waals surface area contributed by atoms with E-state index in [1.807, 2.05) is 0 Å². The molecule has 0 aliphatic carbocycles. The Kier molecular flexibility index (Phi) is 2.75. The average molecular weight is 241 g/mol. The molecule has 2 rings (SSSR count). The molecule has 3 nitrogen and oxygen atoms in total. The second kappa shape index (κ2) is 4.04. The third kappa shape index (κ3) is 2.03. The summed E-state index contributed by atoms with van der Waals surface area (Å²) >= 11 is 11.8. The number of halogens is 2. The Balaban J connectivity index is 2.52. The lowest BCUT2D eigenvalue weighted by molar-refractivity contribution is 0.111. The highest BCUT2D eigenvalue weighted by Gasteiger charge is 2.07. The van der Waals surface area contributed by atoms with Crippen molar-refractivity contribution in [3.05, 3.63) is 40.3 Å². The standard InChI is InChI=1S/C10H6Cl2N2O/c11-6-1-2-8(12)7(3-6)9-4-13-10(5-15)14-9/h1-5H,(H,13,14). The largest absolute Gasteiger partial charge is 0.336 e. The maximum atomic E-state index is 10.5. The first-order valence-corrected chi connectivity index (χ1v) is 4.92. The third-order valence-corrected chi connectivity index (χ3v) is 2.49. The van der Waals surface area contributed by atoms with Gasteiger partial charge in [-0.25, -0.2) is 4.98 Å². The van der Waals surface area contributed by atoms with Crippen LogP contribution in [0.5, 0.6) is 0 Å². The number of nitrogens with one attached hydrogen (secondary N) is 1. The van der Waals surface area contributed by atoms with Crippen LogP contribution in [0, 0.1) is 0 Å². The summed E-state index contributed by atoms with van der Waals surface area (Å²) in [5.41, 5.74) is 1.40. The fourth-order valence-electron chi connectivity index (χ4n) is 1.24. The van der Waals surface area contributed by atoms with Gasteiger partial charge in [-0.1, -0.05) is 23.2 Å². The first-order valence-electron chi connectivity index (χ1n) is 4.16. The lowest BCUT2D eigenvalue weighted by atomic mass is 10.2. The highest BCUT2D eigenvalue weighted by atomic mass is 35.5. The van der Waals surface area contributed by atoms with Gasteiger partial charge in [-0.3, -0.25) is 4.79 Å². The Labute approximate surface area is 96.1 Å². The first kappa shape index (κ1) is 10.2. The summed E-state index contributed by atoms with van der Waals surface area (Å²) in [4.78, 5) is 17.1. The van der Waals surface area contributed by atoms with Gasteiger partial charge in [-0.2, -0.15) is 0 Å². The molecule has 0 amide bonds. The molecule has 76 valence electrons. The van der Waals surface area contributed by atoms with Crippen LogP contribution in [-0.2, 0) is 0 Å². The summed E-state index contributed by atoms with van der Waals surface area (Å²) in [6.07, 6.45) is 2.18. The minimum Gasteiger partial charge on any atom is -0.336 e. The molecule has 2 aromatic rings. The minimum atomic E-state index is 0.265. The molecule has 0 bridgehead atoms. The van der Waals surface area contributed by atoms with Crippen LogP contribution in [0.15, 0.2) is 24.4 Å². The monoisotopic (exact) mass is 240 g/mol. The van der Waals surface area contributed by atoms with Crippen molar-refractivity contribution in [2.24, 2.45) is 0 Å². The number of benzene rings is 1. The number of hydrogen-bond acceptors (Lipinski definition) is 2. The van der Waals surface area contributed by atoms with Crippen LogP contribution in [0.1, 0.15) is 10.6 Å². The van der Waals surface area contributed by atoms with E-state index in [1.54, 1.807) is 24.4 Å². The summed E-state index contributed by atoms with van der Waals surface area (Å²) in [5, 5.41) is 1.14. The minimum absolute atomic E-state index is 0.265. The van der Waals surface area contributed by atoms with Gasteiger partial charge in [-0.15, -0.1) is 0 Å². The van der Waals surface area contributed by atoms with Gasteiger partial charge in [0.25, 0.3) is 0 Å². The van der Waals surface area contributed by atoms with E-state index in [0.717, 1.165) is 5.56 Å². The van der Waals surface area contributed by atoms with E-state index in [2.05, 4.69) is 9.97 Å². The predicted molar refractivity (Wildman–Crippen MR) is 59.4 cm³/mol. The quantitative estimate of drug-likeness (QED) is 0.820. The van der Waals surface area contributed by atoms with E-state index in [-0.39, 0.29) is 5.82 Å². The number of imidazole rings is 1. The number of nitrogens with zero attached hydrogens (tertiary/aromatic N) is 1. The highest BCUT2D eigenvalue weighted by Crippen LogP contribution is 2.29. The number of rotatable bonds is 2. The van der Waals surface area contributed by atoms with Gasteiger partial charge in [0.1, 0.15) is 0 Å². The zero-order chi connectivity index (χ0) is 10.8. The molecule has 1 heterocycles. The van der Waals surface area contributed by atoms with Crippen molar-refractivity contribution in [2.75, 3.05) is 0 Å². The van der Waals surface area contributed by atoms with E-state index in [9.17, 15) is 4.79 Å². The second-order valence-corrected chi connectivity index (χ2v) is 3.77. The zero-order valence-electron chi connectivity index (χ0n) is 7.50. The molecule has 1 aromatic carbocycles. The van der Waals surface area contributed by atoms with Crippen molar-refractivity contribution in [3.63, 3.8) is 0 Å². The van der Waals surface area contributed by atoms with Crippen LogP contribution < -0.4 is 0 Å². The first-order chi connectivity index (χ1) is 7.20. The van der Waals surface area contributed by atoms with E-state index in [4.69, 9.17) is 23.2 Å². The SMILES string of the molecule is O=Cc1ncc(-c2cc(Cl)ccc2Cl)[nH]1. The smallest absolute Gasteiger partial charge is 0.185 e. The van der Waals surface area contributed by atoms with Crippen molar-refractivity contribution >= 4 is 29.5 Å². The van der Waals surface area contributed by atoms with E-state index in [1.165, 1.54) is 0 Å². The Hall–Kier alpha value is -1.32. The fourth-order valence-corrected chi connectivity index (χ4v) is 1.63. The van der Waals surface area contributed by atoms with Crippen molar-refractivity contribution in [3.8, 4) is 11.3 Å². The van der Waals surface area contributed by atoms with E-state index in [0.29, 0.717) is 22.0 Å². The maximum absolute atomic E-state index is 10.5. The van der Waals surface area contributed by atoms with E-state index < -0.39 is 0 Å². The van der Waals surface area contributed by atoms with Gasteiger partial charge in [0.05, 0.1) is 16.9 Å². The van der Waals surface area contributed by atoms with Gasteiger partial charge in [0.2, 0.25) is 0 Å². The molecule has 1 aromatic heterocycles. The Morgan fingerprint density at radius 3 is 2.80 bits per heavy atom. The molecule has 0 atom stereocenters. The molecule has 1 N–H and O–H groups in total. The molecular weight excluding hydrogens is 235 g/mol. The van der Waals surface area contributed by atoms with Crippen LogP contribution in [0.2, 0.25) is 10.0 Å². The van der Waals surface area contributed by atoms with Crippen molar-refractivity contribution in [1.82, 2.24) is 9.97 Å². The molecule has 15 heavy (non-hydrogen) atoms. The van der Waals surface area contributed by atoms with Gasteiger partial charge in [0.15, 0.2) is 12.1 Å². The van der Waals surface area contributed by atoms with Crippen LogP contribution in [0.4, 0.5) is 0 Å². The van der Waals surface area contributed by atoms with Crippen LogP contribution in [0.25, 0.3) is 11.3 Å². The van der Waals surface area contributed by atoms with Crippen LogP contribution in [-0.4, -0.2) is 16.3 Å². The summed E-state index contributed by atoms with van der Waals surface area (Å²) in [5.74, 6) is 0.265. The van der Waals surface area contributed by atoms with Crippen molar-refractivity contribution < 1.29 is 4.79 Å². The molecule has 0 aliphatic heterocycles. The number of aromatic nitrogens is 2. The molecule has 0 unspecified atom stereocenters. The van der Waals surface area contributed by atoms with Gasteiger partial charge in [0, 0.05) is 10.6 Å². The lowest BCUT2D eigenvalue weighted by Gasteiger charge is -2.01. The molecule has 0 radical (unpaired) electrons. The molecule has 0 saturated carbocycles. The Bertz CT molecular complexity index is 508. The predicted octanol–water partition coefficient (Wildman–Crippen LogP) is 3.20. The second-order valence-electron chi connectivity index (χ2n) is 2.92. The van der Waals surface area contributed by atoms with Gasteiger partial charge >= 0.3 is 0 Å². The summed E-state index contributed by atoms with van der Waals surface area (Å²) in [6, 6.07) is 5.11. The normalized spacial score (nSPS) is 10.3. The number of H-pyrrole nitrogens is 1. The molecule has 0 fully saturated rings. The summed E-state index contributed by atoms with van der Waals surface area (Å²) in [7, 11) is 0. The van der Waals surface area contributed by atoms with Gasteiger partial charge in [-0.05, 0) is 18.2 Å². The van der Waals surface area contributed by atoms with Crippen molar-refractivity contribution in [2.45, 2.75) is 0 Å². The number of carbonyl (C=O) groups excluding carboxylic acids is 1. The third-order valence-electron chi connectivity index (χ3n) is 1.93. The molecule has 5 heteroatoms. The van der Waals surface area contributed by atoms with Crippen LogP contribution >= 0.6 is 23.2 Å². The Morgan fingerprint density at radius 2 is 2.13 bits per heavy atom. The van der Waals surface area contributed by atoms with Crippen LogP contribution in [0.3, 0.4) is 0 Å². The number of aromatic amines is 1. The fraction of sp³-hybridized carbons (Fsp3) is 0. The molecular formula is C10H6Cl2N2O. The zero-order valence-corrected chi connectivity index (χ0v) is 9.01. The number of hydrogen-bond donors (Lipinski definition) is 1. The van der Waals surface area contributed by atoms with E-state index >= 15 is 0 Å².